The van der Waals surface area contributed by atoms with Gasteiger partial charge in [0.1, 0.15) is 5.69 Å². The maximum atomic E-state index is 12.6. The van der Waals surface area contributed by atoms with Crippen molar-refractivity contribution < 1.29 is 14.3 Å². The van der Waals surface area contributed by atoms with E-state index in [1.54, 1.807) is 6.07 Å². The van der Waals surface area contributed by atoms with Crippen LogP contribution >= 0.6 is 0 Å². The minimum absolute atomic E-state index is 0.172. The topological polar surface area (TPSA) is 122 Å². The number of carbonyl (C=O) groups is 2. The molecule has 1 aliphatic heterocycles. The standard InChI is InChI=1S/C21H25N5O3/c1-2-3-12-29-21(28)15(13-22)18-20(25-17-7-5-4-6-16(17)24-18)26-10-8-14(9-11-26)19(23)27/h4-7,14-15H,2-3,8-12H2,1H3,(H2,23,27)/t15-/m1/s1. The van der Waals surface area contributed by atoms with Crippen molar-refractivity contribution in [2.75, 3.05) is 24.6 Å². The minimum Gasteiger partial charge on any atom is -0.464 e. The van der Waals surface area contributed by atoms with E-state index in [4.69, 9.17) is 15.5 Å². The van der Waals surface area contributed by atoms with E-state index in [9.17, 15) is 14.9 Å². The first-order valence-corrected chi connectivity index (χ1v) is 9.92. The number of ether oxygens (including phenoxy) is 1. The molecule has 1 fully saturated rings. The number of amides is 1. The molecule has 29 heavy (non-hydrogen) atoms. The molecule has 2 aromatic rings. The van der Waals surface area contributed by atoms with E-state index in [-0.39, 0.29) is 18.4 Å². The Hall–Kier alpha value is -3.21. The van der Waals surface area contributed by atoms with Gasteiger partial charge >= 0.3 is 5.97 Å². The quantitative estimate of drug-likeness (QED) is 0.563. The zero-order chi connectivity index (χ0) is 20.8. The Morgan fingerprint density at radius 1 is 1.28 bits per heavy atom. The molecule has 0 spiro atoms. The van der Waals surface area contributed by atoms with E-state index in [1.165, 1.54) is 0 Å². The van der Waals surface area contributed by atoms with Crippen molar-refractivity contribution in [3.8, 4) is 6.07 Å². The molecule has 0 unspecified atom stereocenters. The molecule has 1 atom stereocenters. The Kier molecular flexibility index (Phi) is 6.60. The fraction of sp³-hybridized carbons (Fsp3) is 0.476. The summed E-state index contributed by atoms with van der Waals surface area (Å²) in [6, 6.07) is 9.37. The SMILES string of the molecule is CCCCOC(=O)[C@H](C#N)c1nc2ccccc2nc1N1CCC(C(N)=O)CC1. The van der Waals surface area contributed by atoms with Gasteiger partial charge in [-0.2, -0.15) is 5.26 Å². The molecule has 2 heterocycles. The molecule has 0 saturated carbocycles. The van der Waals surface area contributed by atoms with Gasteiger partial charge in [-0.3, -0.25) is 9.59 Å². The van der Waals surface area contributed by atoms with Crippen LogP contribution in [0.1, 0.15) is 44.2 Å². The molecule has 1 aromatic carbocycles. The lowest BCUT2D eigenvalue weighted by atomic mass is 9.95. The summed E-state index contributed by atoms with van der Waals surface area (Å²) in [5.74, 6) is -1.75. The number of primary amides is 1. The second kappa shape index (κ2) is 9.32. The van der Waals surface area contributed by atoms with Crippen LogP contribution in [0.2, 0.25) is 0 Å². The molecule has 8 nitrogen and oxygen atoms in total. The summed E-state index contributed by atoms with van der Waals surface area (Å²) in [6.45, 7) is 3.37. The summed E-state index contributed by atoms with van der Waals surface area (Å²) >= 11 is 0. The van der Waals surface area contributed by atoms with Crippen LogP contribution in [0.4, 0.5) is 5.82 Å². The molecule has 152 valence electrons. The number of nitrogens with zero attached hydrogens (tertiary/aromatic N) is 4. The van der Waals surface area contributed by atoms with Gasteiger partial charge in [-0.05, 0) is 31.4 Å². The molecular formula is C21H25N5O3. The molecule has 1 saturated heterocycles. The van der Waals surface area contributed by atoms with Gasteiger partial charge in [0.15, 0.2) is 11.7 Å². The van der Waals surface area contributed by atoms with Gasteiger partial charge in [0, 0.05) is 19.0 Å². The van der Waals surface area contributed by atoms with Gasteiger partial charge in [-0.1, -0.05) is 25.5 Å². The number of para-hydroxylation sites is 2. The average molecular weight is 395 g/mol. The molecule has 3 rings (SSSR count). The Labute approximate surface area is 169 Å². The maximum absolute atomic E-state index is 12.6. The molecule has 2 N–H and O–H groups in total. The van der Waals surface area contributed by atoms with Gasteiger partial charge < -0.3 is 15.4 Å². The predicted octanol–water partition coefficient (Wildman–Crippen LogP) is 2.28. The number of nitriles is 1. The minimum atomic E-state index is -1.16. The fourth-order valence-electron chi connectivity index (χ4n) is 3.43. The lowest BCUT2D eigenvalue weighted by molar-refractivity contribution is -0.144. The van der Waals surface area contributed by atoms with Gasteiger partial charge in [0.05, 0.1) is 23.7 Å². The largest absolute Gasteiger partial charge is 0.464 e. The molecule has 0 bridgehead atoms. The smallest absolute Gasteiger partial charge is 0.329 e. The number of hydrogen-bond donors (Lipinski definition) is 1. The van der Waals surface area contributed by atoms with Crippen LogP contribution < -0.4 is 10.6 Å². The first kappa shape index (κ1) is 20.5. The van der Waals surface area contributed by atoms with Gasteiger partial charge in [0.2, 0.25) is 5.91 Å². The zero-order valence-corrected chi connectivity index (χ0v) is 16.5. The number of rotatable bonds is 7. The summed E-state index contributed by atoms with van der Waals surface area (Å²) in [7, 11) is 0. The third-order valence-corrected chi connectivity index (χ3v) is 5.16. The maximum Gasteiger partial charge on any atom is 0.329 e. The molecule has 1 aliphatic rings. The van der Waals surface area contributed by atoms with Crippen molar-refractivity contribution in [1.29, 1.82) is 5.26 Å². The van der Waals surface area contributed by atoms with Crippen LogP contribution in [0.3, 0.4) is 0 Å². The number of nitrogens with two attached hydrogens (primary N) is 1. The van der Waals surface area contributed by atoms with E-state index in [0.717, 1.165) is 12.8 Å². The van der Waals surface area contributed by atoms with Crippen molar-refractivity contribution in [1.82, 2.24) is 9.97 Å². The molecule has 8 heteroatoms. The van der Waals surface area contributed by atoms with Crippen molar-refractivity contribution in [3.63, 3.8) is 0 Å². The normalized spacial score (nSPS) is 15.7. The van der Waals surface area contributed by atoms with Crippen LogP contribution in [0.15, 0.2) is 24.3 Å². The van der Waals surface area contributed by atoms with E-state index in [0.29, 0.717) is 48.5 Å². The van der Waals surface area contributed by atoms with Gasteiger partial charge in [0.25, 0.3) is 0 Å². The molecule has 0 radical (unpaired) electrons. The zero-order valence-electron chi connectivity index (χ0n) is 16.5. The van der Waals surface area contributed by atoms with Gasteiger partial charge in [-0.25, -0.2) is 9.97 Å². The highest BCUT2D eigenvalue weighted by atomic mass is 16.5. The summed E-state index contributed by atoms with van der Waals surface area (Å²) in [5, 5.41) is 9.72. The highest BCUT2D eigenvalue weighted by Gasteiger charge is 2.32. The van der Waals surface area contributed by atoms with Crippen molar-refractivity contribution in [2.24, 2.45) is 11.7 Å². The number of piperidine rings is 1. The molecule has 1 aromatic heterocycles. The summed E-state index contributed by atoms with van der Waals surface area (Å²) in [5.41, 5.74) is 7.02. The highest BCUT2D eigenvalue weighted by molar-refractivity contribution is 5.85. The van der Waals surface area contributed by atoms with E-state index in [2.05, 4.69) is 4.98 Å². The van der Waals surface area contributed by atoms with Gasteiger partial charge in [-0.15, -0.1) is 0 Å². The number of carbonyl (C=O) groups excluding carboxylic acids is 2. The number of benzene rings is 1. The van der Waals surface area contributed by atoms with Crippen molar-refractivity contribution in [3.05, 3.63) is 30.0 Å². The monoisotopic (exact) mass is 395 g/mol. The van der Waals surface area contributed by atoms with Crippen LogP contribution in [0.5, 0.6) is 0 Å². The average Bonchev–Trinajstić information content (AvgIpc) is 2.74. The number of aromatic nitrogens is 2. The Morgan fingerprint density at radius 3 is 2.52 bits per heavy atom. The number of anilines is 1. The third kappa shape index (κ3) is 4.62. The van der Waals surface area contributed by atoms with Crippen LogP contribution in [-0.4, -0.2) is 41.5 Å². The van der Waals surface area contributed by atoms with Crippen LogP contribution in [0.25, 0.3) is 11.0 Å². The number of esters is 1. The first-order chi connectivity index (χ1) is 14.0. The second-order valence-electron chi connectivity index (χ2n) is 7.17. The van der Waals surface area contributed by atoms with Crippen molar-refractivity contribution >= 4 is 28.7 Å². The fourth-order valence-corrected chi connectivity index (χ4v) is 3.43. The highest BCUT2D eigenvalue weighted by Crippen LogP contribution is 2.30. The second-order valence-corrected chi connectivity index (χ2v) is 7.17. The number of fused-ring (bicyclic) bond motifs is 1. The first-order valence-electron chi connectivity index (χ1n) is 9.92. The van der Waals surface area contributed by atoms with Crippen molar-refractivity contribution in [2.45, 2.75) is 38.5 Å². The molecule has 1 amide bonds. The Morgan fingerprint density at radius 2 is 1.93 bits per heavy atom. The number of hydrogen-bond acceptors (Lipinski definition) is 7. The lowest BCUT2D eigenvalue weighted by Crippen LogP contribution is -2.39. The van der Waals surface area contributed by atoms with E-state index < -0.39 is 11.9 Å². The predicted molar refractivity (Wildman–Crippen MR) is 108 cm³/mol. The third-order valence-electron chi connectivity index (χ3n) is 5.16. The van der Waals surface area contributed by atoms with E-state index in [1.807, 2.05) is 36.1 Å². The lowest BCUT2D eigenvalue weighted by Gasteiger charge is -2.32. The Balaban J connectivity index is 1.96. The Bertz CT molecular complexity index is 932. The number of unbranched alkanes of at least 4 members (excludes halogenated alkanes) is 1. The summed E-state index contributed by atoms with van der Waals surface area (Å²) in [6.07, 6.45) is 2.82. The van der Waals surface area contributed by atoms with Crippen LogP contribution in [0, 0.1) is 17.2 Å². The summed E-state index contributed by atoms with van der Waals surface area (Å²) in [4.78, 5) is 35.3. The molecular weight excluding hydrogens is 370 g/mol. The van der Waals surface area contributed by atoms with E-state index >= 15 is 0 Å². The van der Waals surface area contributed by atoms with Crippen LogP contribution in [-0.2, 0) is 14.3 Å². The summed E-state index contributed by atoms with van der Waals surface area (Å²) < 4.78 is 5.28. The molecule has 0 aliphatic carbocycles.